The summed E-state index contributed by atoms with van der Waals surface area (Å²) >= 11 is 12.0. The molecule has 0 aliphatic rings. The first-order chi connectivity index (χ1) is 11.0. The van der Waals surface area contributed by atoms with Crippen molar-refractivity contribution in [3.05, 3.63) is 69.7 Å². The van der Waals surface area contributed by atoms with Crippen molar-refractivity contribution in [2.75, 3.05) is 6.54 Å². The van der Waals surface area contributed by atoms with Gasteiger partial charge in [-0.2, -0.15) is 0 Å². The molecule has 4 nitrogen and oxygen atoms in total. The quantitative estimate of drug-likeness (QED) is 0.866. The Morgan fingerprint density at radius 2 is 1.39 bits per heavy atom. The topological polar surface area (TPSA) is 58.2 Å². The summed E-state index contributed by atoms with van der Waals surface area (Å²) in [7, 11) is 0. The largest absolute Gasteiger partial charge is 0.350 e. The number of nitrogens with one attached hydrogen (secondary N) is 2. The van der Waals surface area contributed by atoms with E-state index in [1.165, 1.54) is 0 Å². The molecule has 0 saturated heterocycles. The Morgan fingerprint density at radius 3 is 1.91 bits per heavy atom. The van der Waals surface area contributed by atoms with Crippen LogP contribution in [0.4, 0.5) is 0 Å². The van der Waals surface area contributed by atoms with E-state index in [9.17, 15) is 9.59 Å². The molecule has 23 heavy (non-hydrogen) atoms. The number of rotatable bonds is 5. The molecule has 0 radical (unpaired) electrons. The van der Waals surface area contributed by atoms with Crippen molar-refractivity contribution in [2.24, 2.45) is 0 Å². The standard InChI is InChI=1S/C17H16Cl2N2O2/c1-11(21-17(23)13-7-3-5-9-15(13)19)10-20-16(22)12-6-2-4-8-14(12)18/h2-9,11H,10H2,1H3,(H,20,22)(H,21,23)/t11-/m0/s1. The molecule has 2 aromatic rings. The van der Waals surface area contributed by atoms with Crippen LogP contribution in [0.15, 0.2) is 48.5 Å². The third kappa shape index (κ3) is 4.71. The van der Waals surface area contributed by atoms with Crippen LogP contribution in [-0.2, 0) is 0 Å². The van der Waals surface area contributed by atoms with Crippen LogP contribution < -0.4 is 10.6 Å². The molecule has 2 aromatic carbocycles. The molecule has 2 N–H and O–H groups in total. The van der Waals surface area contributed by atoms with Crippen molar-refractivity contribution in [1.82, 2.24) is 10.6 Å². The molecule has 2 rings (SSSR count). The normalized spacial score (nSPS) is 11.6. The minimum atomic E-state index is -0.283. The maximum Gasteiger partial charge on any atom is 0.253 e. The van der Waals surface area contributed by atoms with Crippen molar-refractivity contribution in [1.29, 1.82) is 0 Å². The lowest BCUT2D eigenvalue weighted by molar-refractivity contribution is 0.0912. The van der Waals surface area contributed by atoms with Gasteiger partial charge in [0.2, 0.25) is 0 Å². The molecule has 0 aliphatic carbocycles. The van der Waals surface area contributed by atoms with E-state index < -0.39 is 0 Å². The summed E-state index contributed by atoms with van der Waals surface area (Å²) in [4.78, 5) is 24.2. The Morgan fingerprint density at radius 1 is 0.913 bits per heavy atom. The number of hydrogen-bond donors (Lipinski definition) is 2. The molecule has 0 aromatic heterocycles. The van der Waals surface area contributed by atoms with Gasteiger partial charge in [-0.15, -0.1) is 0 Å². The van der Waals surface area contributed by atoms with E-state index in [4.69, 9.17) is 23.2 Å². The van der Waals surface area contributed by atoms with Crippen molar-refractivity contribution in [3.8, 4) is 0 Å². The van der Waals surface area contributed by atoms with Gasteiger partial charge in [0.05, 0.1) is 21.2 Å². The summed E-state index contributed by atoms with van der Waals surface area (Å²) in [5.41, 5.74) is 0.803. The van der Waals surface area contributed by atoms with E-state index in [-0.39, 0.29) is 24.4 Å². The van der Waals surface area contributed by atoms with Crippen LogP contribution in [0.5, 0.6) is 0 Å². The molecule has 0 saturated carbocycles. The van der Waals surface area contributed by atoms with Crippen LogP contribution in [0.25, 0.3) is 0 Å². The highest BCUT2D eigenvalue weighted by molar-refractivity contribution is 6.34. The molecule has 120 valence electrons. The molecule has 2 amide bonds. The van der Waals surface area contributed by atoms with E-state index in [1.807, 2.05) is 0 Å². The Balaban J connectivity index is 1.89. The van der Waals surface area contributed by atoms with Crippen molar-refractivity contribution in [2.45, 2.75) is 13.0 Å². The molecular weight excluding hydrogens is 335 g/mol. The second kappa shape index (κ2) is 7.99. The van der Waals surface area contributed by atoms with Crippen LogP contribution in [0.1, 0.15) is 27.6 Å². The maximum absolute atomic E-state index is 12.1. The number of amides is 2. The SMILES string of the molecule is C[C@@H](CNC(=O)c1ccccc1Cl)NC(=O)c1ccccc1Cl. The van der Waals surface area contributed by atoms with Crippen LogP contribution in [0, 0.1) is 0 Å². The first-order valence-corrected chi connectivity index (χ1v) is 7.82. The summed E-state index contributed by atoms with van der Waals surface area (Å²) in [6.07, 6.45) is 0. The fraction of sp³-hybridized carbons (Fsp3) is 0.176. The zero-order chi connectivity index (χ0) is 16.8. The minimum absolute atomic E-state index is 0.259. The fourth-order valence-corrected chi connectivity index (χ4v) is 2.43. The van der Waals surface area contributed by atoms with Gasteiger partial charge in [-0.05, 0) is 31.2 Å². The van der Waals surface area contributed by atoms with Gasteiger partial charge in [0, 0.05) is 12.6 Å². The van der Waals surface area contributed by atoms with Gasteiger partial charge in [0.15, 0.2) is 0 Å². The second-order valence-corrected chi connectivity index (χ2v) is 5.86. The molecular formula is C17H16Cl2N2O2. The molecule has 0 aliphatic heterocycles. The fourth-order valence-electron chi connectivity index (χ4n) is 1.98. The van der Waals surface area contributed by atoms with E-state index in [1.54, 1.807) is 55.5 Å². The third-order valence-corrected chi connectivity index (χ3v) is 3.84. The summed E-state index contributed by atoms with van der Waals surface area (Å²) < 4.78 is 0. The van der Waals surface area contributed by atoms with Crippen LogP contribution >= 0.6 is 23.2 Å². The highest BCUT2D eigenvalue weighted by Gasteiger charge is 2.14. The van der Waals surface area contributed by atoms with Gasteiger partial charge in [-0.1, -0.05) is 47.5 Å². The third-order valence-electron chi connectivity index (χ3n) is 3.18. The van der Waals surface area contributed by atoms with E-state index >= 15 is 0 Å². The van der Waals surface area contributed by atoms with Crippen LogP contribution in [0.2, 0.25) is 10.0 Å². The average Bonchev–Trinajstić information content (AvgIpc) is 2.53. The first-order valence-electron chi connectivity index (χ1n) is 7.07. The lowest BCUT2D eigenvalue weighted by Crippen LogP contribution is -2.41. The highest BCUT2D eigenvalue weighted by Crippen LogP contribution is 2.15. The smallest absolute Gasteiger partial charge is 0.253 e. The van der Waals surface area contributed by atoms with Gasteiger partial charge in [0.1, 0.15) is 0 Å². The molecule has 0 bridgehead atoms. The number of halogens is 2. The van der Waals surface area contributed by atoms with Gasteiger partial charge in [-0.3, -0.25) is 9.59 Å². The minimum Gasteiger partial charge on any atom is -0.350 e. The van der Waals surface area contributed by atoms with E-state index in [0.29, 0.717) is 21.2 Å². The lowest BCUT2D eigenvalue weighted by Gasteiger charge is -2.15. The molecule has 0 unspecified atom stereocenters. The zero-order valence-corrected chi connectivity index (χ0v) is 14.0. The highest BCUT2D eigenvalue weighted by atomic mass is 35.5. The van der Waals surface area contributed by atoms with Crippen molar-refractivity contribution < 1.29 is 9.59 Å². The Hall–Kier alpha value is -2.04. The number of hydrogen-bond acceptors (Lipinski definition) is 2. The molecule has 0 heterocycles. The summed E-state index contributed by atoms with van der Waals surface area (Å²) in [6.45, 7) is 2.07. The van der Waals surface area contributed by atoms with Gasteiger partial charge in [0.25, 0.3) is 11.8 Å². The zero-order valence-electron chi connectivity index (χ0n) is 12.5. The number of benzene rings is 2. The van der Waals surface area contributed by atoms with Crippen LogP contribution in [-0.4, -0.2) is 24.4 Å². The summed E-state index contributed by atoms with van der Waals surface area (Å²) in [5, 5.41) is 6.30. The Kier molecular flexibility index (Phi) is 6.02. The lowest BCUT2D eigenvalue weighted by atomic mass is 10.2. The molecule has 1 atom stereocenters. The van der Waals surface area contributed by atoms with Crippen molar-refractivity contribution in [3.63, 3.8) is 0 Å². The predicted octanol–water partition coefficient (Wildman–Crippen LogP) is 3.54. The van der Waals surface area contributed by atoms with Crippen molar-refractivity contribution >= 4 is 35.0 Å². The summed E-state index contributed by atoms with van der Waals surface area (Å²) in [6, 6.07) is 13.3. The summed E-state index contributed by atoms with van der Waals surface area (Å²) in [5.74, 6) is -0.565. The number of carbonyl (C=O) groups excluding carboxylic acids is 2. The maximum atomic E-state index is 12.1. The molecule has 0 spiro atoms. The second-order valence-electron chi connectivity index (χ2n) is 5.04. The monoisotopic (exact) mass is 350 g/mol. The van der Waals surface area contributed by atoms with Gasteiger partial charge >= 0.3 is 0 Å². The van der Waals surface area contributed by atoms with E-state index in [2.05, 4.69) is 10.6 Å². The number of carbonyl (C=O) groups is 2. The Labute approximate surface area is 144 Å². The van der Waals surface area contributed by atoms with Gasteiger partial charge in [-0.25, -0.2) is 0 Å². The van der Waals surface area contributed by atoms with Gasteiger partial charge < -0.3 is 10.6 Å². The Bertz CT molecular complexity index is 719. The molecule has 6 heteroatoms. The van der Waals surface area contributed by atoms with E-state index in [0.717, 1.165) is 0 Å². The predicted molar refractivity (Wildman–Crippen MR) is 92.2 cm³/mol. The average molecular weight is 351 g/mol. The van der Waals surface area contributed by atoms with Crippen LogP contribution in [0.3, 0.4) is 0 Å². The first kappa shape index (κ1) is 17.3. The molecule has 0 fully saturated rings.